The second-order valence-electron chi connectivity index (χ2n) is 7.51. The van der Waals surface area contributed by atoms with Gasteiger partial charge in [-0.15, -0.1) is 22.7 Å². The largest absolute Gasteiger partial charge is 0.464 e. The van der Waals surface area contributed by atoms with Gasteiger partial charge in [-0.05, 0) is 23.6 Å². The van der Waals surface area contributed by atoms with E-state index < -0.39 is 41.7 Å². The monoisotopic (exact) mass is 517 g/mol. The number of nitrogens with one attached hydrogen (secondary N) is 2. The van der Waals surface area contributed by atoms with Gasteiger partial charge in [-0.25, -0.2) is 28.8 Å². The van der Waals surface area contributed by atoms with E-state index in [1.54, 1.807) is 29.9 Å². The number of hydrogen-bond donors (Lipinski definition) is 2. The van der Waals surface area contributed by atoms with E-state index in [2.05, 4.69) is 25.3 Å². The van der Waals surface area contributed by atoms with Crippen LogP contribution in [0.25, 0.3) is 0 Å². The molecule has 1 aliphatic rings. The topological polar surface area (TPSA) is 131 Å². The number of nitrogens with zero attached hydrogens (tertiary/aromatic N) is 3. The summed E-state index contributed by atoms with van der Waals surface area (Å²) in [5.74, 6) is -2.53. The Bertz CT molecular complexity index is 1280. The first-order valence-corrected chi connectivity index (χ1v) is 12.3. The van der Waals surface area contributed by atoms with Crippen LogP contribution in [0.15, 0.2) is 34.5 Å². The third kappa shape index (κ3) is 5.05. The van der Waals surface area contributed by atoms with Gasteiger partial charge in [0.15, 0.2) is 10.8 Å². The van der Waals surface area contributed by atoms with E-state index in [0.29, 0.717) is 17.7 Å². The molecule has 1 unspecified atom stereocenters. The average molecular weight is 518 g/mol. The smallest absolute Gasteiger partial charge is 0.357 e. The molecule has 1 aliphatic heterocycles. The summed E-state index contributed by atoms with van der Waals surface area (Å²) in [7, 11) is 1.21. The first-order chi connectivity index (χ1) is 16.8. The van der Waals surface area contributed by atoms with Crippen molar-refractivity contribution in [3.05, 3.63) is 62.8 Å². The molecule has 3 aromatic rings. The number of carbonyl (C=O) groups excluding carboxylic acids is 4. The summed E-state index contributed by atoms with van der Waals surface area (Å²) in [6.45, 7) is 1.81. The number of ether oxygens (including phenoxy) is 1. The van der Waals surface area contributed by atoms with E-state index in [-0.39, 0.29) is 22.8 Å². The molecule has 0 radical (unpaired) electrons. The Labute approximate surface area is 207 Å². The predicted octanol–water partition coefficient (Wildman–Crippen LogP) is 2.93. The molecule has 0 bridgehead atoms. The molecule has 3 heterocycles. The van der Waals surface area contributed by atoms with Crippen LogP contribution in [-0.4, -0.2) is 51.8 Å². The molecule has 10 nitrogen and oxygen atoms in total. The summed E-state index contributed by atoms with van der Waals surface area (Å²) in [5.41, 5.74) is 2.85. The van der Waals surface area contributed by atoms with Crippen LogP contribution in [0, 0.1) is 5.82 Å². The van der Waals surface area contributed by atoms with E-state index in [9.17, 15) is 23.6 Å². The Morgan fingerprint density at radius 3 is 2.77 bits per heavy atom. The van der Waals surface area contributed by atoms with Crippen molar-refractivity contribution in [2.45, 2.75) is 31.8 Å². The quantitative estimate of drug-likeness (QED) is 0.347. The van der Waals surface area contributed by atoms with Gasteiger partial charge in [-0.3, -0.25) is 9.59 Å². The molecular formula is C22H20FN5O5S2. The van der Waals surface area contributed by atoms with Gasteiger partial charge in [0.25, 0.3) is 5.91 Å². The number of aromatic nitrogens is 2. The van der Waals surface area contributed by atoms with Crippen LogP contribution in [-0.2, 0) is 27.2 Å². The second kappa shape index (κ2) is 10.3. The van der Waals surface area contributed by atoms with Crippen LogP contribution in [0.2, 0.25) is 0 Å². The third-order valence-corrected chi connectivity index (χ3v) is 6.78. The number of rotatable bonds is 8. The van der Waals surface area contributed by atoms with E-state index in [4.69, 9.17) is 0 Å². The Morgan fingerprint density at radius 1 is 1.31 bits per heavy atom. The van der Waals surface area contributed by atoms with Crippen molar-refractivity contribution in [1.82, 2.24) is 20.2 Å². The van der Waals surface area contributed by atoms with Crippen LogP contribution >= 0.6 is 22.7 Å². The number of benzene rings is 1. The zero-order valence-electron chi connectivity index (χ0n) is 18.6. The van der Waals surface area contributed by atoms with Crippen molar-refractivity contribution < 1.29 is 28.3 Å². The molecule has 182 valence electrons. The lowest BCUT2D eigenvalue weighted by Crippen LogP contribution is -2.49. The maximum atomic E-state index is 14.3. The van der Waals surface area contributed by atoms with Crippen molar-refractivity contribution in [3.63, 3.8) is 0 Å². The standard InChI is InChI=1S/C22H20FN5O5S2/c1-3-11-4-5-12(6-14(11)23)17-19(30)28(22(32)26-17)16(7-13-8-34-10-24-13)18(29)27-21-25-15(9-35-21)20(31)33-2/h4-6,8-10,16-17H,3,7H2,1-2H3,(H,26,32)(H,25,27,29)/t16-,17?/m0/s1. The summed E-state index contributed by atoms with van der Waals surface area (Å²) < 4.78 is 19.0. The molecule has 4 rings (SSSR count). The van der Waals surface area contributed by atoms with Crippen molar-refractivity contribution >= 4 is 51.6 Å². The molecule has 0 saturated carbocycles. The Balaban J connectivity index is 1.60. The minimum atomic E-state index is -1.26. The number of hydrogen-bond acceptors (Lipinski definition) is 9. The van der Waals surface area contributed by atoms with Crippen molar-refractivity contribution in [3.8, 4) is 0 Å². The molecular weight excluding hydrogens is 497 g/mol. The molecule has 13 heteroatoms. The molecule has 2 aromatic heterocycles. The summed E-state index contributed by atoms with van der Waals surface area (Å²) in [6, 6.07) is 1.16. The van der Waals surface area contributed by atoms with E-state index >= 15 is 0 Å². The predicted molar refractivity (Wildman–Crippen MR) is 126 cm³/mol. The second-order valence-corrected chi connectivity index (χ2v) is 9.09. The Hall–Kier alpha value is -3.71. The fourth-order valence-electron chi connectivity index (χ4n) is 3.60. The molecule has 2 N–H and O–H groups in total. The summed E-state index contributed by atoms with van der Waals surface area (Å²) in [5, 5.41) is 8.30. The minimum Gasteiger partial charge on any atom is -0.464 e. The molecule has 1 aromatic carbocycles. The van der Waals surface area contributed by atoms with E-state index in [1.165, 1.54) is 29.9 Å². The number of imide groups is 1. The fourth-order valence-corrected chi connectivity index (χ4v) is 4.85. The van der Waals surface area contributed by atoms with Gasteiger partial charge in [-0.1, -0.05) is 19.1 Å². The lowest BCUT2D eigenvalue weighted by Gasteiger charge is -2.23. The number of anilines is 1. The highest BCUT2D eigenvalue weighted by molar-refractivity contribution is 7.14. The molecule has 1 fully saturated rings. The number of thiazole rings is 2. The van der Waals surface area contributed by atoms with Crippen LogP contribution < -0.4 is 10.6 Å². The first-order valence-electron chi connectivity index (χ1n) is 10.5. The number of urea groups is 1. The van der Waals surface area contributed by atoms with E-state index in [0.717, 1.165) is 16.2 Å². The highest BCUT2D eigenvalue weighted by atomic mass is 32.1. The maximum Gasteiger partial charge on any atom is 0.357 e. The summed E-state index contributed by atoms with van der Waals surface area (Å²) in [6.07, 6.45) is 0.438. The number of aryl methyl sites for hydroxylation is 1. The minimum absolute atomic E-state index is 0.0106. The molecule has 35 heavy (non-hydrogen) atoms. The SMILES string of the molecule is CCc1ccc(C2NC(=O)N([C@@H](Cc3cscn3)C(=O)Nc3nc(C(=O)OC)cs3)C2=O)cc1F. The van der Waals surface area contributed by atoms with Gasteiger partial charge in [-0.2, -0.15) is 0 Å². The molecule has 1 saturated heterocycles. The highest BCUT2D eigenvalue weighted by Gasteiger charge is 2.45. The zero-order chi connectivity index (χ0) is 25.1. The lowest BCUT2D eigenvalue weighted by molar-refractivity contribution is -0.134. The molecule has 4 amide bonds. The number of esters is 1. The number of amides is 4. The molecule has 2 atom stereocenters. The van der Waals surface area contributed by atoms with Gasteiger partial charge >= 0.3 is 12.0 Å². The van der Waals surface area contributed by atoms with E-state index in [1.807, 2.05) is 0 Å². The average Bonchev–Trinajstić information content (AvgIpc) is 3.58. The zero-order valence-corrected chi connectivity index (χ0v) is 20.2. The first kappa shape index (κ1) is 24.4. The Kier molecular flexibility index (Phi) is 7.17. The van der Waals surface area contributed by atoms with Crippen LogP contribution in [0.5, 0.6) is 0 Å². The Morgan fingerprint density at radius 2 is 2.11 bits per heavy atom. The summed E-state index contributed by atoms with van der Waals surface area (Å²) >= 11 is 2.29. The van der Waals surface area contributed by atoms with Crippen molar-refractivity contribution in [2.75, 3.05) is 12.4 Å². The van der Waals surface area contributed by atoms with Gasteiger partial charge in [0.05, 0.1) is 18.3 Å². The molecule has 0 aliphatic carbocycles. The fraction of sp³-hybridized carbons (Fsp3) is 0.273. The van der Waals surface area contributed by atoms with Crippen LogP contribution in [0.3, 0.4) is 0 Å². The number of halogens is 1. The van der Waals surface area contributed by atoms with Crippen molar-refractivity contribution in [1.29, 1.82) is 0 Å². The van der Waals surface area contributed by atoms with Gasteiger partial charge in [0.2, 0.25) is 5.91 Å². The number of methoxy groups -OCH3 is 1. The lowest BCUT2D eigenvalue weighted by atomic mass is 10.0. The summed E-state index contributed by atoms with van der Waals surface area (Å²) in [4.78, 5) is 60.0. The van der Waals surface area contributed by atoms with Gasteiger partial charge in [0.1, 0.15) is 17.9 Å². The maximum absolute atomic E-state index is 14.3. The van der Waals surface area contributed by atoms with Gasteiger partial charge < -0.3 is 15.4 Å². The van der Waals surface area contributed by atoms with Crippen LogP contribution in [0.4, 0.5) is 14.3 Å². The normalized spacial score (nSPS) is 16.2. The highest BCUT2D eigenvalue weighted by Crippen LogP contribution is 2.27. The number of carbonyl (C=O) groups is 4. The third-order valence-electron chi connectivity index (χ3n) is 5.39. The van der Waals surface area contributed by atoms with Crippen molar-refractivity contribution in [2.24, 2.45) is 0 Å². The van der Waals surface area contributed by atoms with Crippen LogP contribution in [0.1, 0.15) is 40.3 Å². The molecule has 0 spiro atoms. The van der Waals surface area contributed by atoms with Gasteiger partial charge in [0, 0.05) is 17.2 Å².